The standard InChI is InChI=1S/C22H18N2OS/c1-26-17-9-7-15(8-10-17)20-13-24-21-18(20)11-16(12-19(21)22(23)25)14-5-3-2-4-6-14/h2-13,24H,1H3,(H2,23,25). The lowest BCUT2D eigenvalue weighted by Gasteiger charge is -2.08. The van der Waals surface area contributed by atoms with Gasteiger partial charge in [0.15, 0.2) is 0 Å². The molecule has 3 aromatic carbocycles. The molecule has 0 bridgehead atoms. The lowest BCUT2D eigenvalue weighted by Crippen LogP contribution is -2.11. The number of amides is 1. The predicted octanol–water partition coefficient (Wildman–Crippen LogP) is 5.32. The molecular formula is C22H18N2OS. The number of nitrogens with two attached hydrogens (primary N) is 1. The predicted molar refractivity (Wildman–Crippen MR) is 109 cm³/mol. The van der Waals surface area contributed by atoms with Crippen molar-refractivity contribution in [1.29, 1.82) is 0 Å². The summed E-state index contributed by atoms with van der Waals surface area (Å²) in [5.41, 5.74) is 11.1. The number of H-pyrrole nitrogens is 1. The van der Waals surface area contributed by atoms with E-state index in [2.05, 4.69) is 41.6 Å². The molecule has 4 rings (SSSR count). The number of aromatic amines is 1. The van der Waals surface area contributed by atoms with Gasteiger partial charge >= 0.3 is 0 Å². The van der Waals surface area contributed by atoms with E-state index in [0.717, 1.165) is 33.2 Å². The van der Waals surface area contributed by atoms with Crippen LogP contribution in [0.3, 0.4) is 0 Å². The molecule has 1 heterocycles. The summed E-state index contributed by atoms with van der Waals surface area (Å²) < 4.78 is 0. The van der Waals surface area contributed by atoms with Gasteiger partial charge in [-0.1, -0.05) is 42.5 Å². The molecule has 26 heavy (non-hydrogen) atoms. The van der Waals surface area contributed by atoms with E-state index in [1.54, 1.807) is 11.8 Å². The zero-order valence-corrected chi connectivity index (χ0v) is 15.1. The maximum Gasteiger partial charge on any atom is 0.250 e. The molecule has 0 spiro atoms. The molecule has 0 aliphatic heterocycles. The van der Waals surface area contributed by atoms with Gasteiger partial charge in [0.2, 0.25) is 0 Å². The van der Waals surface area contributed by atoms with Crippen molar-refractivity contribution in [3.05, 3.63) is 78.5 Å². The van der Waals surface area contributed by atoms with Crippen LogP contribution in [0.1, 0.15) is 10.4 Å². The summed E-state index contributed by atoms with van der Waals surface area (Å²) in [6.07, 6.45) is 4.01. The summed E-state index contributed by atoms with van der Waals surface area (Å²) in [7, 11) is 0. The Kier molecular flexibility index (Phi) is 4.27. The van der Waals surface area contributed by atoms with E-state index < -0.39 is 5.91 Å². The number of carbonyl (C=O) groups excluding carboxylic acids is 1. The molecular weight excluding hydrogens is 340 g/mol. The molecule has 0 saturated heterocycles. The molecule has 0 unspecified atom stereocenters. The molecule has 0 atom stereocenters. The van der Waals surface area contributed by atoms with Gasteiger partial charge in [-0.2, -0.15) is 0 Å². The van der Waals surface area contributed by atoms with E-state index >= 15 is 0 Å². The van der Waals surface area contributed by atoms with Gasteiger partial charge in [0, 0.05) is 22.0 Å². The van der Waals surface area contributed by atoms with Crippen molar-refractivity contribution in [1.82, 2.24) is 4.98 Å². The fourth-order valence-corrected chi connectivity index (χ4v) is 3.64. The van der Waals surface area contributed by atoms with E-state index in [4.69, 9.17) is 5.73 Å². The highest BCUT2D eigenvalue weighted by Gasteiger charge is 2.15. The molecule has 4 heteroatoms. The normalized spacial score (nSPS) is 11.0. The Hall–Kier alpha value is -2.98. The lowest BCUT2D eigenvalue weighted by atomic mass is 9.97. The van der Waals surface area contributed by atoms with Gasteiger partial charge in [-0.05, 0) is 47.2 Å². The first-order valence-electron chi connectivity index (χ1n) is 8.32. The Morgan fingerprint density at radius 1 is 0.923 bits per heavy atom. The molecule has 3 N–H and O–H groups in total. The monoisotopic (exact) mass is 358 g/mol. The van der Waals surface area contributed by atoms with Crippen LogP contribution >= 0.6 is 11.8 Å². The number of aromatic nitrogens is 1. The second-order valence-corrected chi connectivity index (χ2v) is 6.99. The maximum atomic E-state index is 12.0. The Balaban J connectivity index is 1.95. The average Bonchev–Trinajstić information content (AvgIpc) is 3.11. The lowest BCUT2D eigenvalue weighted by molar-refractivity contribution is 0.100. The minimum Gasteiger partial charge on any atom is -0.366 e. The van der Waals surface area contributed by atoms with Gasteiger partial charge in [0.25, 0.3) is 5.91 Å². The Morgan fingerprint density at radius 3 is 2.31 bits per heavy atom. The van der Waals surface area contributed by atoms with Crippen molar-refractivity contribution in [3.63, 3.8) is 0 Å². The summed E-state index contributed by atoms with van der Waals surface area (Å²) in [5.74, 6) is -0.432. The van der Waals surface area contributed by atoms with E-state index in [0.29, 0.717) is 5.56 Å². The van der Waals surface area contributed by atoms with Crippen LogP contribution in [0.4, 0.5) is 0 Å². The molecule has 3 nitrogen and oxygen atoms in total. The third kappa shape index (κ3) is 2.89. The third-order valence-corrected chi connectivity index (χ3v) is 5.31. The van der Waals surface area contributed by atoms with Crippen LogP contribution in [0.15, 0.2) is 77.8 Å². The second kappa shape index (κ2) is 6.73. The van der Waals surface area contributed by atoms with E-state index in [-0.39, 0.29) is 0 Å². The van der Waals surface area contributed by atoms with Gasteiger partial charge in [-0.3, -0.25) is 4.79 Å². The highest BCUT2D eigenvalue weighted by atomic mass is 32.2. The molecule has 4 aromatic rings. The Labute approximate surface area is 156 Å². The third-order valence-electron chi connectivity index (χ3n) is 4.56. The Bertz CT molecular complexity index is 1080. The molecule has 1 amide bonds. The zero-order chi connectivity index (χ0) is 18.1. The van der Waals surface area contributed by atoms with E-state index in [1.165, 1.54) is 4.90 Å². The van der Waals surface area contributed by atoms with E-state index in [9.17, 15) is 4.79 Å². The topological polar surface area (TPSA) is 58.9 Å². The van der Waals surface area contributed by atoms with Crippen molar-refractivity contribution < 1.29 is 4.79 Å². The van der Waals surface area contributed by atoms with Gasteiger partial charge in [0.05, 0.1) is 11.1 Å². The summed E-state index contributed by atoms with van der Waals surface area (Å²) >= 11 is 1.72. The quantitative estimate of drug-likeness (QED) is 0.485. The number of rotatable bonds is 4. The maximum absolute atomic E-state index is 12.0. The first-order valence-corrected chi connectivity index (χ1v) is 9.54. The minimum atomic E-state index is -0.432. The highest BCUT2D eigenvalue weighted by Crippen LogP contribution is 2.35. The van der Waals surface area contributed by atoms with Gasteiger partial charge in [-0.15, -0.1) is 11.8 Å². The van der Waals surface area contributed by atoms with Crippen molar-refractivity contribution >= 4 is 28.6 Å². The zero-order valence-electron chi connectivity index (χ0n) is 14.3. The summed E-state index contributed by atoms with van der Waals surface area (Å²) in [6.45, 7) is 0. The number of carbonyl (C=O) groups is 1. The van der Waals surface area contributed by atoms with Gasteiger partial charge < -0.3 is 10.7 Å². The van der Waals surface area contributed by atoms with Crippen molar-refractivity contribution in [3.8, 4) is 22.3 Å². The highest BCUT2D eigenvalue weighted by molar-refractivity contribution is 7.98. The smallest absolute Gasteiger partial charge is 0.250 e. The van der Waals surface area contributed by atoms with Crippen LogP contribution in [-0.4, -0.2) is 17.1 Å². The molecule has 0 fully saturated rings. The van der Waals surface area contributed by atoms with Crippen molar-refractivity contribution in [2.45, 2.75) is 4.90 Å². The van der Waals surface area contributed by atoms with Crippen LogP contribution < -0.4 is 5.73 Å². The number of primary amides is 1. The van der Waals surface area contributed by atoms with Crippen LogP contribution in [0, 0.1) is 0 Å². The summed E-state index contributed by atoms with van der Waals surface area (Å²) in [6, 6.07) is 22.4. The molecule has 0 aliphatic carbocycles. The van der Waals surface area contributed by atoms with Crippen LogP contribution in [0.5, 0.6) is 0 Å². The van der Waals surface area contributed by atoms with Gasteiger partial charge in [0.1, 0.15) is 0 Å². The molecule has 0 aliphatic rings. The SMILES string of the molecule is CSc1ccc(-c2c[nH]c3c(C(N)=O)cc(-c4ccccc4)cc23)cc1. The Morgan fingerprint density at radius 2 is 1.65 bits per heavy atom. The van der Waals surface area contributed by atoms with Crippen LogP contribution in [-0.2, 0) is 0 Å². The number of thioether (sulfide) groups is 1. The molecule has 1 aromatic heterocycles. The molecule has 0 saturated carbocycles. The largest absolute Gasteiger partial charge is 0.366 e. The average molecular weight is 358 g/mol. The fourth-order valence-electron chi connectivity index (χ4n) is 3.23. The summed E-state index contributed by atoms with van der Waals surface area (Å²) in [4.78, 5) is 16.5. The fraction of sp³-hybridized carbons (Fsp3) is 0.0455. The minimum absolute atomic E-state index is 0.432. The van der Waals surface area contributed by atoms with Crippen LogP contribution in [0.25, 0.3) is 33.2 Å². The van der Waals surface area contributed by atoms with Crippen molar-refractivity contribution in [2.75, 3.05) is 6.26 Å². The number of nitrogens with one attached hydrogen (secondary N) is 1. The summed E-state index contributed by atoms with van der Waals surface area (Å²) in [5, 5.41) is 0.997. The number of hydrogen-bond acceptors (Lipinski definition) is 2. The van der Waals surface area contributed by atoms with Crippen LogP contribution in [0.2, 0.25) is 0 Å². The number of benzene rings is 3. The number of hydrogen-bond donors (Lipinski definition) is 2. The first-order chi connectivity index (χ1) is 12.7. The second-order valence-electron chi connectivity index (χ2n) is 6.11. The van der Waals surface area contributed by atoms with E-state index in [1.807, 2.05) is 42.6 Å². The first kappa shape index (κ1) is 16.5. The molecule has 0 radical (unpaired) electrons. The van der Waals surface area contributed by atoms with Crippen molar-refractivity contribution in [2.24, 2.45) is 5.73 Å². The molecule has 128 valence electrons. The van der Waals surface area contributed by atoms with Gasteiger partial charge in [-0.25, -0.2) is 0 Å². The number of fused-ring (bicyclic) bond motifs is 1.